The first-order valence-corrected chi connectivity index (χ1v) is 6.09. The van der Waals surface area contributed by atoms with E-state index in [2.05, 4.69) is 29.0 Å². The lowest BCUT2D eigenvalue weighted by Crippen LogP contribution is -2.54. The van der Waals surface area contributed by atoms with E-state index in [4.69, 9.17) is 0 Å². The molecule has 0 aliphatic carbocycles. The number of nitrogens with one attached hydrogen (secondary N) is 1. The minimum Gasteiger partial charge on any atom is -0.353 e. The third-order valence-electron chi connectivity index (χ3n) is 3.10. The largest absolute Gasteiger partial charge is 0.353 e. The highest BCUT2D eigenvalue weighted by atomic mass is 16.6. The van der Waals surface area contributed by atoms with Gasteiger partial charge in [0.25, 0.3) is 5.69 Å². The molecule has 0 bridgehead atoms. The molecule has 0 aromatic carbocycles. The summed E-state index contributed by atoms with van der Waals surface area (Å²) < 4.78 is 0. The Balaban J connectivity index is 2.25. The van der Waals surface area contributed by atoms with Gasteiger partial charge in [0.1, 0.15) is 12.0 Å². The van der Waals surface area contributed by atoms with Crippen LogP contribution in [0.15, 0.2) is 12.3 Å². The van der Waals surface area contributed by atoms with Gasteiger partial charge >= 0.3 is 0 Å². The smallest absolute Gasteiger partial charge is 0.287 e. The number of nitro groups is 1. The van der Waals surface area contributed by atoms with Crippen LogP contribution < -0.4 is 10.2 Å². The number of aromatic nitrogens is 1. The number of anilines is 1. The van der Waals surface area contributed by atoms with Crippen molar-refractivity contribution in [3.05, 3.63) is 27.9 Å². The molecule has 0 spiro atoms. The zero-order valence-electron chi connectivity index (χ0n) is 10.9. The minimum atomic E-state index is -0.410. The van der Waals surface area contributed by atoms with E-state index < -0.39 is 4.92 Å². The lowest BCUT2D eigenvalue weighted by Gasteiger charge is -2.37. The van der Waals surface area contributed by atoms with E-state index >= 15 is 0 Å². The highest BCUT2D eigenvalue weighted by molar-refractivity contribution is 5.51. The maximum atomic E-state index is 10.7. The van der Waals surface area contributed by atoms with Gasteiger partial charge in [0.2, 0.25) is 0 Å². The monoisotopic (exact) mass is 250 g/mol. The summed E-state index contributed by atoms with van der Waals surface area (Å²) >= 11 is 0. The van der Waals surface area contributed by atoms with Crippen LogP contribution >= 0.6 is 0 Å². The summed E-state index contributed by atoms with van der Waals surface area (Å²) in [6, 6.07) is 2.37. The van der Waals surface area contributed by atoms with Crippen LogP contribution in [0, 0.1) is 17.0 Å². The van der Waals surface area contributed by atoms with Crippen LogP contribution in [0.3, 0.4) is 0 Å². The van der Waals surface area contributed by atoms with Gasteiger partial charge in [-0.2, -0.15) is 0 Å². The van der Waals surface area contributed by atoms with E-state index in [0.29, 0.717) is 12.1 Å². The molecule has 2 heterocycles. The first-order chi connectivity index (χ1) is 8.47. The van der Waals surface area contributed by atoms with E-state index in [1.165, 1.54) is 6.20 Å². The normalized spacial score (nSPS) is 24.1. The van der Waals surface area contributed by atoms with Crippen molar-refractivity contribution in [1.29, 1.82) is 0 Å². The van der Waals surface area contributed by atoms with Crippen LogP contribution in [0.4, 0.5) is 11.5 Å². The molecule has 2 atom stereocenters. The Morgan fingerprint density at radius 2 is 2.06 bits per heavy atom. The Morgan fingerprint density at radius 1 is 1.44 bits per heavy atom. The molecule has 18 heavy (non-hydrogen) atoms. The fourth-order valence-electron chi connectivity index (χ4n) is 2.48. The molecule has 6 nitrogen and oxygen atoms in total. The van der Waals surface area contributed by atoms with Crippen molar-refractivity contribution in [1.82, 2.24) is 10.3 Å². The van der Waals surface area contributed by atoms with Crippen molar-refractivity contribution in [2.24, 2.45) is 0 Å². The van der Waals surface area contributed by atoms with E-state index in [1.807, 2.05) is 6.92 Å². The Bertz CT molecular complexity index is 453. The Labute approximate surface area is 106 Å². The second-order valence-corrected chi connectivity index (χ2v) is 4.96. The minimum absolute atomic E-state index is 0.0486. The summed E-state index contributed by atoms with van der Waals surface area (Å²) in [6.45, 7) is 7.87. The zero-order valence-corrected chi connectivity index (χ0v) is 10.9. The lowest BCUT2D eigenvalue weighted by molar-refractivity contribution is -0.385. The van der Waals surface area contributed by atoms with Gasteiger partial charge in [0, 0.05) is 31.2 Å². The molecule has 0 amide bonds. The quantitative estimate of drug-likeness (QED) is 0.636. The molecule has 0 saturated carbocycles. The molecule has 1 fully saturated rings. The maximum Gasteiger partial charge on any atom is 0.287 e. The Kier molecular flexibility index (Phi) is 3.47. The first kappa shape index (κ1) is 12.8. The van der Waals surface area contributed by atoms with Crippen LogP contribution in [0.1, 0.15) is 19.4 Å². The van der Waals surface area contributed by atoms with E-state index in [9.17, 15) is 10.1 Å². The van der Waals surface area contributed by atoms with Crippen molar-refractivity contribution >= 4 is 11.5 Å². The van der Waals surface area contributed by atoms with Gasteiger partial charge in [-0.25, -0.2) is 4.98 Å². The predicted molar refractivity (Wildman–Crippen MR) is 69.9 cm³/mol. The molecule has 98 valence electrons. The molecule has 1 saturated heterocycles. The number of nitrogens with zero attached hydrogens (tertiary/aromatic N) is 3. The molecule has 1 aromatic heterocycles. The van der Waals surface area contributed by atoms with E-state index in [0.717, 1.165) is 24.5 Å². The Morgan fingerprint density at radius 3 is 2.56 bits per heavy atom. The fraction of sp³-hybridized carbons (Fsp3) is 0.583. The molecule has 1 N–H and O–H groups in total. The van der Waals surface area contributed by atoms with Crippen LogP contribution in [-0.2, 0) is 0 Å². The SMILES string of the molecule is Cc1cc([N+](=O)[O-])cnc1N1CC(C)NC(C)C1. The first-order valence-electron chi connectivity index (χ1n) is 6.09. The standard InChI is InChI=1S/C12H18N4O2/c1-8-4-11(16(17)18)5-13-12(8)15-6-9(2)14-10(3)7-15/h4-5,9-10,14H,6-7H2,1-3H3. The molecule has 0 radical (unpaired) electrons. The molecule has 2 unspecified atom stereocenters. The molecule has 1 aromatic rings. The summed E-state index contributed by atoms with van der Waals surface area (Å²) in [6.07, 6.45) is 1.33. The summed E-state index contributed by atoms with van der Waals surface area (Å²) in [5, 5.41) is 14.1. The predicted octanol–water partition coefficient (Wildman–Crippen LogP) is 1.48. The Hall–Kier alpha value is -1.69. The van der Waals surface area contributed by atoms with Crippen LogP contribution in [0.2, 0.25) is 0 Å². The maximum absolute atomic E-state index is 10.7. The van der Waals surface area contributed by atoms with Crippen LogP contribution in [0.25, 0.3) is 0 Å². The van der Waals surface area contributed by atoms with Gasteiger partial charge < -0.3 is 10.2 Å². The van der Waals surface area contributed by atoms with Gasteiger partial charge in [0.05, 0.1) is 4.92 Å². The molecule has 6 heteroatoms. The van der Waals surface area contributed by atoms with Gasteiger partial charge in [-0.3, -0.25) is 10.1 Å². The van der Waals surface area contributed by atoms with Gasteiger partial charge in [-0.05, 0) is 26.3 Å². The summed E-state index contributed by atoms with van der Waals surface area (Å²) in [7, 11) is 0. The molecular weight excluding hydrogens is 232 g/mol. The van der Waals surface area contributed by atoms with E-state index in [1.54, 1.807) is 6.07 Å². The second-order valence-electron chi connectivity index (χ2n) is 4.96. The third kappa shape index (κ3) is 2.59. The summed E-state index contributed by atoms with van der Waals surface area (Å²) in [5.41, 5.74) is 0.901. The van der Waals surface area contributed by atoms with Crippen LogP contribution in [0.5, 0.6) is 0 Å². The average Bonchev–Trinajstić information content (AvgIpc) is 2.27. The highest BCUT2D eigenvalue weighted by Crippen LogP contribution is 2.23. The fourth-order valence-corrected chi connectivity index (χ4v) is 2.48. The number of piperazine rings is 1. The second kappa shape index (κ2) is 4.89. The van der Waals surface area contributed by atoms with E-state index in [-0.39, 0.29) is 5.69 Å². The summed E-state index contributed by atoms with van der Waals surface area (Å²) in [4.78, 5) is 16.7. The molecule has 2 rings (SSSR count). The van der Waals surface area contributed by atoms with Crippen molar-refractivity contribution in [3.8, 4) is 0 Å². The molecule has 1 aliphatic heterocycles. The van der Waals surface area contributed by atoms with Crippen molar-refractivity contribution < 1.29 is 4.92 Å². The van der Waals surface area contributed by atoms with Gasteiger partial charge in [0.15, 0.2) is 0 Å². The topological polar surface area (TPSA) is 71.3 Å². The number of rotatable bonds is 2. The highest BCUT2D eigenvalue weighted by Gasteiger charge is 2.23. The number of aryl methyl sites for hydroxylation is 1. The number of hydrogen-bond acceptors (Lipinski definition) is 5. The molecule has 1 aliphatic rings. The summed E-state index contributed by atoms with van der Waals surface area (Å²) in [5.74, 6) is 0.848. The van der Waals surface area contributed by atoms with Gasteiger partial charge in [-0.1, -0.05) is 0 Å². The van der Waals surface area contributed by atoms with Crippen molar-refractivity contribution in [2.75, 3.05) is 18.0 Å². The molecular formula is C12H18N4O2. The van der Waals surface area contributed by atoms with Gasteiger partial charge in [-0.15, -0.1) is 0 Å². The lowest BCUT2D eigenvalue weighted by atomic mass is 10.1. The number of hydrogen-bond donors (Lipinski definition) is 1. The van der Waals surface area contributed by atoms with Crippen LogP contribution in [-0.4, -0.2) is 35.1 Å². The zero-order chi connectivity index (χ0) is 13.3. The van der Waals surface area contributed by atoms with Crippen molar-refractivity contribution in [3.63, 3.8) is 0 Å². The third-order valence-corrected chi connectivity index (χ3v) is 3.10. The van der Waals surface area contributed by atoms with Crippen molar-refractivity contribution in [2.45, 2.75) is 32.9 Å². The average molecular weight is 250 g/mol. The number of pyridine rings is 1.